The lowest BCUT2D eigenvalue weighted by atomic mass is 9.75. The summed E-state index contributed by atoms with van der Waals surface area (Å²) in [5, 5.41) is 2.91. The first-order valence-corrected chi connectivity index (χ1v) is 6.55. The molecule has 18 heavy (non-hydrogen) atoms. The van der Waals surface area contributed by atoms with Crippen molar-refractivity contribution in [3.8, 4) is 0 Å². The van der Waals surface area contributed by atoms with Crippen LogP contribution in [0.2, 0.25) is 0 Å². The van der Waals surface area contributed by atoms with Crippen molar-refractivity contribution in [1.29, 1.82) is 0 Å². The van der Waals surface area contributed by atoms with Gasteiger partial charge in [-0.1, -0.05) is 26.2 Å². The van der Waals surface area contributed by atoms with Gasteiger partial charge in [-0.25, -0.2) is 4.98 Å². The van der Waals surface area contributed by atoms with Gasteiger partial charge >= 0.3 is 0 Å². The topological polar surface area (TPSA) is 68.0 Å². The van der Waals surface area contributed by atoms with Gasteiger partial charge in [-0.3, -0.25) is 4.79 Å². The number of aromatic nitrogens is 1. The van der Waals surface area contributed by atoms with Gasteiger partial charge in [-0.15, -0.1) is 0 Å². The molecule has 0 bridgehead atoms. The van der Waals surface area contributed by atoms with E-state index in [4.69, 9.17) is 5.73 Å². The Labute approximate surface area is 108 Å². The fraction of sp³-hybridized carbons (Fsp3) is 0.571. The lowest BCUT2D eigenvalue weighted by Gasteiger charge is -2.31. The van der Waals surface area contributed by atoms with Crippen LogP contribution >= 0.6 is 0 Å². The third-order valence-electron chi connectivity index (χ3n) is 3.90. The van der Waals surface area contributed by atoms with E-state index in [1.165, 1.54) is 6.42 Å². The predicted octanol–water partition coefficient (Wildman–Crippen LogP) is 2.88. The molecule has 1 amide bonds. The van der Waals surface area contributed by atoms with Crippen molar-refractivity contribution < 1.29 is 4.79 Å². The second-order valence-electron chi connectivity index (χ2n) is 5.50. The first-order valence-electron chi connectivity index (χ1n) is 6.55. The molecule has 4 nitrogen and oxygen atoms in total. The molecule has 1 aliphatic rings. The fourth-order valence-electron chi connectivity index (χ4n) is 2.46. The van der Waals surface area contributed by atoms with Crippen LogP contribution in [0.5, 0.6) is 0 Å². The Morgan fingerprint density at radius 1 is 1.39 bits per heavy atom. The number of anilines is 2. The minimum absolute atomic E-state index is 0.0823. The summed E-state index contributed by atoms with van der Waals surface area (Å²) in [7, 11) is 0. The third kappa shape index (κ3) is 2.63. The number of nitrogens with one attached hydrogen (secondary N) is 1. The highest BCUT2D eigenvalue weighted by Crippen LogP contribution is 2.36. The molecule has 2 rings (SSSR count). The van der Waals surface area contributed by atoms with E-state index >= 15 is 0 Å². The highest BCUT2D eigenvalue weighted by atomic mass is 16.2. The lowest BCUT2D eigenvalue weighted by Crippen LogP contribution is -2.35. The van der Waals surface area contributed by atoms with Gasteiger partial charge in [0.25, 0.3) is 0 Å². The van der Waals surface area contributed by atoms with Gasteiger partial charge in [0.05, 0.1) is 11.9 Å². The SMILES string of the molecule is Cc1cc(NC(=O)C2(C)CCCCC2)ncc1N. The van der Waals surface area contributed by atoms with E-state index in [1.54, 1.807) is 6.20 Å². The van der Waals surface area contributed by atoms with Crippen LogP contribution in [-0.4, -0.2) is 10.9 Å². The largest absolute Gasteiger partial charge is 0.397 e. The smallest absolute Gasteiger partial charge is 0.231 e. The normalized spacial score (nSPS) is 18.3. The van der Waals surface area contributed by atoms with E-state index in [9.17, 15) is 4.79 Å². The van der Waals surface area contributed by atoms with Gasteiger partial charge in [-0.2, -0.15) is 0 Å². The zero-order chi connectivity index (χ0) is 13.2. The minimum atomic E-state index is -0.241. The van der Waals surface area contributed by atoms with Crippen LogP contribution in [0.15, 0.2) is 12.3 Å². The maximum absolute atomic E-state index is 12.3. The number of carbonyl (C=O) groups excluding carboxylic acids is 1. The molecule has 0 saturated heterocycles. The van der Waals surface area contributed by atoms with Crippen LogP contribution in [0.4, 0.5) is 11.5 Å². The molecule has 1 aromatic rings. The van der Waals surface area contributed by atoms with Crippen LogP contribution < -0.4 is 11.1 Å². The molecule has 1 aliphatic carbocycles. The summed E-state index contributed by atoms with van der Waals surface area (Å²) in [5.74, 6) is 0.678. The Morgan fingerprint density at radius 3 is 2.67 bits per heavy atom. The Balaban J connectivity index is 2.08. The van der Waals surface area contributed by atoms with E-state index in [0.29, 0.717) is 11.5 Å². The van der Waals surface area contributed by atoms with Crippen molar-refractivity contribution in [3.63, 3.8) is 0 Å². The number of amides is 1. The maximum atomic E-state index is 12.3. The molecule has 98 valence electrons. The second kappa shape index (κ2) is 4.96. The summed E-state index contributed by atoms with van der Waals surface area (Å²) >= 11 is 0. The standard InChI is InChI=1S/C14H21N3O/c1-10-8-12(16-9-11(10)15)17-13(18)14(2)6-4-3-5-7-14/h8-9H,3-7,15H2,1-2H3,(H,16,17,18). The highest BCUT2D eigenvalue weighted by molar-refractivity contribution is 5.94. The summed E-state index contributed by atoms with van der Waals surface area (Å²) in [5.41, 5.74) is 7.06. The number of hydrogen-bond acceptors (Lipinski definition) is 3. The minimum Gasteiger partial charge on any atom is -0.397 e. The van der Waals surface area contributed by atoms with Crippen molar-refractivity contribution in [3.05, 3.63) is 17.8 Å². The summed E-state index contributed by atoms with van der Waals surface area (Å²) in [4.78, 5) is 16.5. The molecule has 0 aromatic carbocycles. The van der Waals surface area contributed by atoms with Crippen molar-refractivity contribution >= 4 is 17.4 Å². The summed E-state index contributed by atoms with van der Waals surface area (Å²) in [6.07, 6.45) is 7.03. The molecular weight excluding hydrogens is 226 g/mol. The summed E-state index contributed by atoms with van der Waals surface area (Å²) in [6.45, 7) is 3.96. The Hall–Kier alpha value is -1.58. The Morgan fingerprint density at radius 2 is 2.06 bits per heavy atom. The molecule has 1 aromatic heterocycles. The summed E-state index contributed by atoms with van der Waals surface area (Å²) < 4.78 is 0. The van der Waals surface area contributed by atoms with Crippen molar-refractivity contribution in [2.75, 3.05) is 11.1 Å². The molecule has 3 N–H and O–H groups in total. The van der Waals surface area contributed by atoms with Crippen LogP contribution in [0.3, 0.4) is 0 Å². The highest BCUT2D eigenvalue weighted by Gasteiger charge is 2.34. The van der Waals surface area contributed by atoms with Crippen LogP contribution in [-0.2, 0) is 4.79 Å². The molecular formula is C14H21N3O. The molecule has 0 spiro atoms. The number of nitrogens with two attached hydrogens (primary N) is 1. The van der Waals surface area contributed by atoms with Crippen LogP contribution in [0, 0.1) is 12.3 Å². The fourth-order valence-corrected chi connectivity index (χ4v) is 2.46. The molecule has 4 heteroatoms. The van der Waals surface area contributed by atoms with E-state index in [0.717, 1.165) is 31.2 Å². The first kappa shape index (κ1) is 12.9. The predicted molar refractivity (Wildman–Crippen MR) is 73.2 cm³/mol. The quantitative estimate of drug-likeness (QED) is 0.844. The van der Waals surface area contributed by atoms with Gasteiger partial charge in [0.15, 0.2) is 0 Å². The monoisotopic (exact) mass is 247 g/mol. The lowest BCUT2D eigenvalue weighted by molar-refractivity contribution is -0.126. The number of aryl methyl sites for hydroxylation is 1. The van der Waals surface area contributed by atoms with Crippen LogP contribution in [0.1, 0.15) is 44.6 Å². The van der Waals surface area contributed by atoms with E-state index in [1.807, 2.05) is 19.9 Å². The Kier molecular flexibility index (Phi) is 3.55. The molecule has 1 saturated carbocycles. The van der Waals surface area contributed by atoms with E-state index in [2.05, 4.69) is 10.3 Å². The zero-order valence-electron chi connectivity index (χ0n) is 11.1. The van der Waals surface area contributed by atoms with E-state index < -0.39 is 0 Å². The maximum Gasteiger partial charge on any atom is 0.231 e. The van der Waals surface area contributed by atoms with Crippen molar-refractivity contribution in [2.24, 2.45) is 5.41 Å². The number of hydrogen-bond donors (Lipinski definition) is 2. The van der Waals surface area contributed by atoms with E-state index in [-0.39, 0.29) is 11.3 Å². The number of nitrogen functional groups attached to an aromatic ring is 1. The molecule has 1 heterocycles. The zero-order valence-corrected chi connectivity index (χ0v) is 11.1. The Bertz CT molecular complexity index is 450. The molecule has 0 radical (unpaired) electrons. The molecule has 0 atom stereocenters. The van der Waals surface area contributed by atoms with Crippen molar-refractivity contribution in [1.82, 2.24) is 4.98 Å². The van der Waals surface area contributed by atoms with Gasteiger partial charge in [0.2, 0.25) is 5.91 Å². The molecule has 1 fully saturated rings. The number of nitrogens with zero attached hydrogens (tertiary/aromatic N) is 1. The van der Waals surface area contributed by atoms with Crippen LogP contribution in [0.25, 0.3) is 0 Å². The second-order valence-corrected chi connectivity index (χ2v) is 5.50. The average Bonchev–Trinajstić information content (AvgIpc) is 2.35. The third-order valence-corrected chi connectivity index (χ3v) is 3.90. The van der Waals surface area contributed by atoms with Gasteiger partial charge in [0.1, 0.15) is 5.82 Å². The number of pyridine rings is 1. The number of carbonyl (C=O) groups is 1. The van der Waals surface area contributed by atoms with Gasteiger partial charge in [-0.05, 0) is 31.4 Å². The van der Waals surface area contributed by atoms with Crippen molar-refractivity contribution in [2.45, 2.75) is 46.0 Å². The first-order chi connectivity index (χ1) is 8.51. The van der Waals surface area contributed by atoms with Gasteiger partial charge < -0.3 is 11.1 Å². The number of rotatable bonds is 2. The molecule has 0 unspecified atom stereocenters. The molecule has 0 aliphatic heterocycles. The van der Waals surface area contributed by atoms with Gasteiger partial charge in [0, 0.05) is 5.41 Å². The summed E-state index contributed by atoms with van der Waals surface area (Å²) in [6, 6.07) is 1.82. The average molecular weight is 247 g/mol.